The Hall–Kier alpha value is -2.37. The van der Waals surface area contributed by atoms with Gasteiger partial charge in [-0.05, 0) is 6.92 Å². The molecule has 6 heteroatoms. The van der Waals surface area contributed by atoms with E-state index in [9.17, 15) is 4.79 Å². The van der Waals surface area contributed by atoms with Gasteiger partial charge in [0.15, 0.2) is 0 Å². The van der Waals surface area contributed by atoms with Crippen LogP contribution in [0.3, 0.4) is 0 Å². The molecule has 0 saturated heterocycles. The van der Waals surface area contributed by atoms with Crippen molar-refractivity contribution >= 4 is 11.7 Å². The van der Waals surface area contributed by atoms with Crippen LogP contribution in [0.25, 0.3) is 0 Å². The molecule has 0 aromatic carbocycles. The molecule has 17 heavy (non-hydrogen) atoms. The Morgan fingerprint density at radius 3 is 2.88 bits per heavy atom. The van der Waals surface area contributed by atoms with Crippen LogP contribution >= 0.6 is 0 Å². The second-order valence-electron chi connectivity index (χ2n) is 3.77. The molecular formula is C11H9N5O. The van der Waals surface area contributed by atoms with E-state index in [0.717, 1.165) is 5.56 Å². The number of nitrogens with zero attached hydrogens (tertiary/aromatic N) is 4. The standard InChI is InChI=1S/C11H9N5O/c1-6-14-4-7-9(8-5-12-2-3-13-8)11(17)16-10(7)15-6/h2-5,9H,1H3,(H,14,15,16,17). The van der Waals surface area contributed by atoms with Crippen LogP contribution < -0.4 is 5.32 Å². The SMILES string of the molecule is Cc1ncc2c(n1)NC(=O)C2c1cnccn1. The zero-order valence-electron chi connectivity index (χ0n) is 9.08. The molecule has 84 valence electrons. The number of anilines is 1. The summed E-state index contributed by atoms with van der Waals surface area (Å²) in [5.41, 5.74) is 1.36. The molecule has 1 aliphatic heterocycles. The van der Waals surface area contributed by atoms with E-state index in [-0.39, 0.29) is 5.91 Å². The number of amides is 1. The highest BCUT2D eigenvalue weighted by molar-refractivity contribution is 6.03. The Balaban J connectivity index is 2.12. The minimum Gasteiger partial charge on any atom is -0.309 e. The maximum absolute atomic E-state index is 11.9. The molecule has 2 aromatic rings. The van der Waals surface area contributed by atoms with Gasteiger partial charge in [0.1, 0.15) is 17.6 Å². The predicted molar refractivity (Wildman–Crippen MR) is 59.3 cm³/mol. The van der Waals surface area contributed by atoms with E-state index < -0.39 is 5.92 Å². The summed E-state index contributed by atoms with van der Waals surface area (Å²) in [6.45, 7) is 1.78. The third kappa shape index (κ3) is 1.54. The number of fused-ring (bicyclic) bond motifs is 1. The normalized spacial score (nSPS) is 17.7. The van der Waals surface area contributed by atoms with E-state index in [0.29, 0.717) is 17.3 Å². The van der Waals surface area contributed by atoms with Gasteiger partial charge >= 0.3 is 0 Å². The summed E-state index contributed by atoms with van der Waals surface area (Å²) < 4.78 is 0. The van der Waals surface area contributed by atoms with Crippen molar-refractivity contribution in [2.24, 2.45) is 0 Å². The molecule has 3 heterocycles. The molecule has 1 amide bonds. The summed E-state index contributed by atoms with van der Waals surface area (Å²) in [7, 11) is 0. The van der Waals surface area contributed by atoms with Crippen molar-refractivity contribution in [2.45, 2.75) is 12.8 Å². The van der Waals surface area contributed by atoms with Gasteiger partial charge in [0, 0.05) is 30.4 Å². The zero-order chi connectivity index (χ0) is 11.8. The van der Waals surface area contributed by atoms with Gasteiger partial charge in [-0.25, -0.2) is 9.97 Å². The van der Waals surface area contributed by atoms with Gasteiger partial charge in [-0.3, -0.25) is 14.8 Å². The number of hydrogen-bond donors (Lipinski definition) is 1. The molecule has 1 N–H and O–H groups in total. The summed E-state index contributed by atoms with van der Waals surface area (Å²) in [5, 5.41) is 2.73. The van der Waals surface area contributed by atoms with Gasteiger partial charge in [-0.15, -0.1) is 0 Å². The number of nitrogens with one attached hydrogen (secondary N) is 1. The van der Waals surface area contributed by atoms with Crippen molar-refractivity contribution in [3.8, 4) is 0 Å². The van der Waals surface area contributed by atoms with Crippen LogP contribution in [0.5, 0.6) is 0 Å². The van der Waals surface area contributed by atoms with Crippen LogP contribution in [-0.2, 0) is 4.79 Å². The molecule has 0 radical (unpaired) electrons. The summed E-state index contributed by atoms with van der Waals surface area (Å²) >= 11 is 0. The Morgan fingerprint density at radius 1 is 1.24 bits per heavy atom. The molecule has 0 fully saturated rings. The highest BCUT2D eigenvalue weighted by Crippen LogP contribution is 2.33. The van der Waals surface area contributed by atoms with Crippen molar-refractivity contribution in [1.29, 1.82) is 0 Å². The fraction of sp³-hybridized carbons (Fsp3) is 0.182. The minimum atomic E-state index is -0.459. The Kier molecular flexibility index (Phi) is 2.07. The van der Waals surface area contributed by atoms with Crippen molar-refractivity contribution < 1.29 is 4.79 Å². The van der Waals surface area contributed by atoms with E-state index in [1.54, 1.807) is 31.7 Å². The topological polar surface area (TPSA) is 80.7 Å². The highest BCUT2D eigenvalue weighted by Gasteiger charge is 2.34. The van der Waals surface area contributed by atoms with Crippen LogP contribution in [0.15, 0.2) is 24.8 Å². The maximum Gasteiger partial charge on any atom is 0.239 e. The molecule has 0 aliphatic carbocycles. The first kappa shape index (κ1) is 9.83. The Bertz CT molecular complexity index is 584. The van der Waals surface area contributed by atoms with E-state index in [1.165, 1.54) is 0 Å². The summed E-state index contributed by atoms with van der Waals surface area (Å²) in [6, 6.07) is 0. The number of aromatic nitrogens is 4. The smallest absolute Gasteiger partial charge is 0.239 e. The zero-order valence-corrected chi connectivity index (χ0v) is 9.08. The number of hydrogen-bond acceptors (Lipinski definition) is 5. The van der Waals surface area contributed by atoms with Crippen LogP contribution in [0.4, 0.5) is 5.82 Å². The van der Waals surface area contributed by atoms with Crippen molar-refractivity contribution in [2.75, 3.05) is 5.32 Å². The minimum absolute atomic E-state index is 0.139. The van der Waals surface area contributed by atoms with E-state index in [2.05, 4.69) is 25.3 Å². The number of rotatable bonds is 1. The monoisotopic (exact) mass is 227 g/mol. The fourth-order valence-corrected chi connectivity index (χ4v) is 1.87. The van der Waals surface area contributed by atoms with E-state index in [1.807, 2.05) is 0 Å². The molecule has 0 spiro atoms. The predicted octanol–water partition coefficient (Wildman–Crippen LogP) is 0.659. The van der Waals surface area contributed by atoms with Gasteiger partial charge in [0.2, 0.25) is 5.91 Å². The molecule has 6 nitrogen and oxygen atoms in total. The number of carbonyl (C=O) groups is 1. The largest absolute Gasteiger partial charge is 0.309 e. The first-order valence-electron chi connectivity index (χ1n) is 5.16. The van der Waals surface area contributed by atoms with Gasteiger partial charge in [0.05, 0.1) is 5.69 Å². The van der Waals surface area contributed by atoms with Crippen molar-refractivity contribution in [3.63, 3.8) is 0 Å². The third-order valence-electron chi connectivity index (χ3n) is 2.63. The summed E-state index contributed by atoms with van der Waals surface area (Å²) in [5.74, 6) is 0.599. The lowest BCUT2D eigenvalue weighted by Gasteiger charge is -2.06. The van der Waals surface area contributed by atoms with Gasteiger partial charge in [-0.1, -0.05) is 0 Å². The first-order valence-corrected chi connectivity index (χ1v) is 5.16. The lowest BCUT2D eigenvalue weighted by atomic mass is 10.0. The van der Waals surface area contributed by atoms with Crippen molar-refractivity contribution in [3.05, 3.63) is 41.9 Å². The molecule has 1 atom stereocenters. The lowest BCUT2D eigenvalue weighted by Crippen LogP contribution is -2.14. The van der Waals surface area contributed by atoms with Crippen LogP contribution in [-0.4, -0.2) is 25.8 Å². The second kappa shape index (κ2) is 3.58. The third-order valence-corrected chi connectivity index (χ3v) is 2.63. The number of aryl methyl sites for hydroxylation is 1. The van der Waals surface area contributed by atoms with E-state index >= 15 is 0 Å². The molecule has 0 bridgehead atoms. The van der Waals surface area contributed by atoms with Gasteiger partial charge in [-0.2, -0.15) is 0 Å². The second-order valence-corrected chi connectivity index (χ2v) is 3.77. The summed E-state index contributed by atoms with van der Waals surface area (Å²) in [4.78, 5) is 28.3. The number of carbonyl (C=O) groups excluding carboxylic acids is 1. The molecule has 1 unspecified atom stereocenters. The maximum atomic E-state index is 11.9. The quantitative estimate of drug-likeness (QED) is 0.774. The fourth-order valence-electron chi connectivity index (χ4n) is 1.87. The average molecular weight is 227 g/mol. The van der Waals surface area contributed by atoms with Crippen LogP contribution in [0.2, 0.25) is 0 Å². The first-order chi connectivity index (χ1) is 8.25. The van der Waals surface area contributed by atoms with Crippen molar-refractivity contribution in [1.82, 2.24) is 19.9 Å². The highest BCUT2D eigenvalue weighted by atomic mass is 16.2. The van der Waals surface area contributed by atoms with Gasteiger partial charge < -0.3 is 5.32 Å². The van der Waals surface area contributed by atoms with Crippen LogP contribution in [0, 0.1) is 6.92 Å². The lowest BCUT2D eigenvalue weighted by molar-refractivity contribution is -0.116. The molecule has 3 rings (SSSR count). The average Bonchev–Trinajstić information content (AvgIpc) is 2.65. The Morgan fingerprint density at radius 2 is 2.12 bits per heavy atom. The summed E-state index contributed by atoms with van der Waals surface area (Å²) in [6.07, 6.45) is 6.38. The molecule has 1 aliphatic rings. The molecule has 0 saturated carbocycles. The van der Waals surface area contributed by atoms with E-state index in [4.69, 9.17) is 0 Å². The molecular weight excluding hydrogens is 218 g/mol. The van der Waals surface area contributed by atoms with Gasteiger partial charge in [0.25, 0.3) is 0 Å². The van der Waals surface area contributed by atoms with Crippen LogP contribution in [0.1, 0.15) is 23.0 Å². The Labute approximate surface area is 97.2 Å². The molecule has 2 aromatic heterocycles.